The van der Waals surface area contributed by atoms with Crippen LogP contribution in [-0.2, 0) is 21.4 Å². The molecule has 1 aromatic heterocycles. The number of sulfonamides is 1. The highest BCUT2D eigenvalue weighted by molar-refractivity contribution is 7.92. The van der Waals surface area contributed by atoms with Gasteiger partial charge in [-0.25, -0.2) is 8.42 Å². The second-order valence-corrected chi connectivity index (χ2v) is 9.29. The summed E-state index contributed by atoms with van der Waals surface area (Å²) in [6, 6.07) is 16.1. The van der Waals surface area contributed by atoms with E-state index < -0.39 is 22.5 Å². The maximum absolute atomic E-state index is 13.3. The summed E-state index contributed by atoms with van der Waals surface area (Å²) >= 11 is 12.1. The van der Waals surface area contributed by atoms with Crippen molar-refractivity contribution in [1.82, 2.24) is 10.3 Å². The first-order valence-electron chi connectivity index (χ1n) is 8.98. The highest BCUT2D eigenvalue weighted by atomic mass is 35.5. The van der Waals surface area contributed by atoms with Gasteiger partial charge in [-0.05, 0) is 49.4 Å². The van der Waals surface area contributed by atoms with E-state index in [-0.39, 0.29) is 27.2 Å². The van der Waals surface area contributed by atoms with Crippen LogP contribution in [0, 0.1) is 6.92 Å². The molecule has 2 aromatic carbocycles. The van der Waals surface area contributed by atoms with Crippen LogP contribution in [0.25, 0.3) is 0 Å². The van der Waals surface area contributed by atoms with Crippen LogP contribution in [0.1, 0.15) is 11.3 Å². The molecule has 30 heavy (non-hydrogen) atoms. The van der Waals surface area contributed by atoms with Gasteiger partial charge in [-0.15, -0.1) is 0 Å². The van der Waals surface area contributed by atoms with Gasteiger partial charge in [0.25, 0.3) is 10.0 Å². The molecule has 0 aliphatic carbocycles. The van der Waals surface area contributed by atoms with Crippen LogP contribution in [0.3, 0.4) is 0 Å². The van der Waals surface area contributed by atoms with Crippen molar-refractivity contribution in [3.8, 4) is 0 Å². The van der Waals surface area contributed by atoms with E-state index in [1.807, 2.05) is 6.92 Å². The number of amides is 1. The van der Waals surface area contributed by atoms with E-state index in [2.05, 4.69) is 10.3 Å². The number of nitrogens with one attached hydrogen (secondary N) is 1. The van der Waals surface area contributed by atoms with Crippen LogP contribution >= 0.6 is 23.2 Å². The summed E-state index contributed by atoms with van der Waals surface area (Å²) < 4.78 is 27.6. The van der Waals surface area contributed by atoms with Crippen LogP contribution in [-0.4, -0.2) is 25.9 Å². The number of carbonyl (C=O) groups is 1. The van der Waals surface area contributed by atoms with Gasteiger partial charge in [-0.2, -0.15) is 0 Å². The number of hydrogen-bond donors (Lipinski definition) is 1. The molecule has 3 aromatic rings. The largest absolute Gasteiger partial charge is 0.349 e. The first-order chi connectivity index (χ1) is 14.3. The fourth-order valence-corrected chi connectivity index (χ4v) is 4.63. The first-order valence-corrected chi connectivity index (χ1v) is 11.2. The van der Waals surface area contributed by atoms with Crippen LogP contribution in [0.15, 0.2) is 71.8 Å². The second kappa shape index (κ2) is 9.47. The van der Waals surface area contributed by atoms with E-state index in [9.17, 15) is 13.2 Å². The highest BCUT2D eigenvalue weighted by Gasteiger charge is 2.27. The lowest BCUT2D eigenvalue weighted by atomic mass is 10.2. The van der Waals surface area contributed by atoms with Crippen molar-refractivity contribution in [1.29, 1.82) is 0 Å². The van der Waals surface area contributed by atoms with Crippen molar-refractivity contribution in [2.24, 2.45) is 0 Å². The lowest BCUT2D eigenvalue weighted by Gasteiger charge is -2.24. The molecule has 0 saturated heterocycles. The zero-order valence-corrected chi connectivity index (χ0v) is 18.4. The standard InChI is InChI=1S/C21H19Cl2N3O3S/c1-15-5-7-20(8-6-15)30(28,29)26(19-11-16(22)10-17(23)12-19)14-21(27)25-13-18-4-2-3-9-24-18/h2-12H,13-14H2,1H3,(H,25,27). The van der Waals surface area contributed by atoms with E-state index in [4.69, 9.17) is 23.2 Å². The van der Waals surface area contributed by atoms with Gasteiger partial charge < -0.3 is 5.32 Å². The summed E-state index contributed by atoms with van der Waals surface area (Å²) in [6.45, 7) is 1.59. The number of anilines is 1. The fraction of sp³-hybridized carbons (Fsp3) is 0.143. The molecular formula is C21H19Cl2N3O3S. The molecule has 0 bridgehead atoms. The second-order valence-electron chi connectivity index (χ2n) is 6.55. The number of aryl methyl sites for hydroxylation is 1. The summed E-state index contributed by atoms with van der Waals surface area (Å²) in [4.78, 5) is 16.8. The zero-order chi connectivity index (χ0) is 21.7. The monoisotopic (exact) mass is 463 g/mol. The third-order valence-corrected chi connectivity index (χ3v) is 6.45. The Morgan fingerprint density at radius 2 is 1.70 bits per heavy atom. The van der Waals surface area contributed by atoms with Crippen LogP contribution in [0.5, 0.6) is 0 Å². The molecule has 156 valence electrons. The quantitative estimate of drug-likeness (QED) is 0.568. The minimum Gasteiger partial charge on any atom is -0.349 e. The lowest BCUT2D eigenvalue weighted by molar-refractivity contribution is -0.119. The highest BCUT2D eigenvalue weighted by Crippen LogP contribution is 2.29. The Balaban J connectivity index is 1.91. The molecule has 0 aliphatic rings. The molecule has 0 spiro atoms. The smallest absolute Gasteiger partial charge is 0.264 e. The van der Waals surface area contributed by atoms with Gasteiger partial charge >= 0.3 is 0 Å². The minimum absolute atomic E-state index is 0.0572. The van der Waals surface area contributed by atoms with Crippen LogP contribution < -0.4 is 9.62 Å². The van der Waals surface area contributed by atoms with Crippen molar-refractivity contribution in [3.05, 3.63) is 88.2 Å². The van der Waals surface area contributed by atoms with Crippen molar-refractivity contribution in [2.75, 3.05) is 10.8 Å². The summed E-state index contributed by atoms with van der Waals surface area (Å²) in [5.41, 5.74) is 1.77. The molecule has 1 amide bonds. The SMILES string of the molecule is Cc1ccc(S(=O)(=O)N(CC(=O)NCc2ccccn2)c2cc(Cl)cc(Cl)c2)cc1. The number of nitrogens with zero attached hydrogens (tertiary/aromatic N) is 2. The Bertz CT molecular complexity index is 1120. The molecule has 0 saturated carbocycles. The number of benzene rings is 2. The van der Waals surface area contributed by atoms with Crippen LogP contribution in [0.2, 0.25) is 10.0 Å². The molecule has 0 radical (unpaired) electrons. The van der Waals surface area contributed by atoms with Crippen molar-refractivity contribution in [3.63, 3.8) is 0 Å². The normalized spacial score (nSPS) is 11.2. The molecular weight excluding hydrogens is 445 g/mol. The maximum atomic E-state index is 13.3. The van der Waals surface area contributed by atoms with Gasteiger partial charge in [0.05, 0.1) is 22.8 Å². The van der Waals surface area contributed by atoms with Gasteiger partial charge in [0.2, 0.25) is 5.91 Å². The first kappa shape index (κ1) is 22.1. The molecule has 9 heteroatoms. The third kappa shape index (κ3) is 5.50. The van der Waals surface area contributed by atoms with E-state index in [0.29, 0.717) is 5.69 Å². The summed E-state index contributed by atoms with van der Waals surface area (Å²) in [7, 11) is -4.04. The Hall–Kier alpha value is -2.61. The average Bonchev–Trinajstić information content (AvgIpc) is 2.70. The molecule has 1 heterocycles. The molecule has 0 fully saturated rings. The Morgan fingerprint density at radius 1 is 1.03 bits per heavy atom. The molecule has 3 rings (SSSR count). The summed E-state index contributed by atoms with van der Waals surface area (Å²) in [5.74, 6) is -0.493. The van der Waals surface area contributed by atoms with Gasteiger partial charge in [-0.3, -0.25) is 14.1 Å². The Morgan fingerprint density at radius 3 is 2.30 bits per heavy atom. The number of pyridine rings is 1. The average molecular weight is 464 g/mol. The number of aromatic nitrogens is 1. The molecule has 0 atom stereocenters. The van der Waals surface area contributed by atoms with E-state index in [1.54, 1.807) is 36.5 Å². The molecule has 0 unspecified atom stereocenters. The van der Waals surface area contributed by atoms with Gasteiger partial charge in [0, 0.05) is 16.2 Å². The number of carbonyl (C=O) groups excluding carboxylic acids is 1. The number of hydrogen-bond acceptors (Lipinski definition) is 4. The summed E-state index contributed by atoms with van der Waals surface area (Å²) in [6.07, 6.45) is 1.61. The van der Waals surface area contributed by atoms with Gasteiger partial charge in [0.1, 0.15) is 6.54 Å². The molecule has 6 nitrogen and oxygen atoms in total. The summed E-state index contributed by atoms with van der Waals surface area (Å²) in [5, 5.41) is 3.21. The van der Waals surface area contributed by atoms with Gasteiger partial charge in [-0.1, -0.05) is 47.0 Å². The fourth-order valence-electron chi connectivity index (χ4n) is 2.71. The van der Waals surface area contributed by atoms with Gasteiger partial charge in [0.15, 0.2) is 0 Å². The molecule has 1 N–H and O–H groups in total. The zero-order valence-electron chi connectivity index (χ0n) is 16.0. The Labute approximate surface area is 185 Å². The number of halogens is 2. The van der Waals surface area contributed by atoms with Crippen molar-refractivity contribution in [2.45, 2.75) is 18.4 Å². The maximum Gasteiger partial charge on any atom is 0.264 e. The van der Waals surface area contributed by atoms with Crippen molar-refractivity contribution < 1.29 is 13.2 Å². The predicted octanol–water partition coefficient (Wildman–Crippen LogP) is 4.21. The van der Waals surface area contributed by atoms with E-state index in [0.717, 1.165) is 9.87 Å². The molecule has 0 aliphatic heterocycles. The number of rotatable bonds is 7. The minimum atomic E-state index is -4.04. The lowest BCUT2D eigenvalue weighted by Crippen LogP contribution is -2.40. The van der Waals surface area contributed by atoms with Crippen LogP contribution in [0.4, 0.5) is 5.69 Å². The van der Waals surface area contributed by atoms with E-state index in [1.165, 1.54) is 30.3 Å². The third-order valence-electron chi connectivity index (χ3n) is 4.22. The predicted molar refractivity (Wildman–Crippen MR) is 118 cm³/mol. The van der Waals surface area contributed by atoms with E-state index >= 15 is 0 Å². The Kier molecular flexibility index (Phi) is 6.97. The topological polar surface area (TPSA) is 79.4 Å². The van der Waals surface area contributed by atoms with Crippen molar-refractivity contribution >= 4 is 44.8 Å².